The quantitative estimate of drug-likeness (QED) is 0.626. The number of rotatable bonds is 5. The van der Waals surface area contributed by atoms with Crippen molar-refractivity contribution in [2.45, 2.75) is 17.2 Å². The van der Waals surface area contributed by atoms with E-state index in [9.17, 15) is 0 Å². The minimum Gasteiger partial charge on any atom is -0.497 e. The molecule has 0 radical (unpaired) electrons. The molecule has 2 aromatic heterocycles. The van der Waals surface area contributed by atoms with Crippen LogP contribution >= 0.6 is 23.4 Å². The zero-order valence-electron chi connectivity index (χ0n) is 12.6. The summed E-state index contributed by atoms with van der Waals surface area (Å²) in [5.74, 6) is 1.78. The second kappa shape index (κ2) is 7.02. The van der Waals surface area contributed by atoms with Crippen LogP contribution in [0, 0.1) is 0 Å². The summed E-state index contributed by atoms with van der Waals surface area (Å²) in [6, 6.07) is 11.1. The monoisotopic (exact) mass is 347 g/mol. The summed E-state index contributed by atoms with van der Waals surface area (Å²) in [5, 5.41) is 9.52. The first-order chi connectivity index (χ1) is 11.2. The minimum atomic E-state index is -0.0538. The third-order valence-electron chi connectivity index (χ3n) is 3.14. The Morgan fingerprint density at radius 3 is 2.65 bits per heavy atom. The third-order valence-corrected chi connectivity index (χ3v) is 4.66. The molecule has 0 N–H and O–H groups in total. The van der Waals surface area contributed by atoms with E-state index in [0.717, 1.165) is 16.3 Å². The van der Waals surface area contributed by atoms with Crippen LogP contribution in [-0.4, -0.2) is 22.3 Å². The maximum absolute atomic E-state index is 6.12. The van der Waals surface area contributed by atoms with Gasteiger partial charge in [0.25, 0.3) is 0 Å². The smallest absolute Gasteiger partial charge is 0.247 e. The summed E-state index contributed by atoms with van der Waals surface area (Å²) in [7, 11) is 1.63. The molecule has 0 saturated heterocycles. The molecule has 0 spiro atoms. The molecule has 0 bridgehead atoms. The molecule has 7 heteroatoms. The van der Waals surface area contributed by atoms with E-state index in [4.69, 9.17) is 20.8 Å². The van der Waals surface area contributed by atoms with Crippen molar-refractivity contribution in [3.63, 3.8) is 0 Å². The molecule has 118 valence electrons. The molecule has 0 aliphatic heterocycles. The molecule has 2 heterocycles. The molecular formula is C16H14ClN3O2S. The molecule has 0 aliphatic carbocycles. The van der Waals surface area contributed by atoms with Gasteiger partial charge in [-0.3, -0.25) is 0 Å². The summed E-state index contributed by atoms with van der Waals surface area (Å²) >= 11 is 7.60. The summed E-state index contributed by atoms with van der Waals surface area (Å²) < 4.78 is 10.9. The Hall–Kier alpha value is -2.05. The molecule has 1 aromatic carbocycles. The van der Waals surface area contributed by atoms with E-state index in [1.807, 2.05) is 31.2 Å². The first-order valence-corrected chi connectivity index (χ1v) is 8.18. The topological polar surface area (TPSA) is 61.0 Å². The number of nitrogens with zero attached hydrogens (tertiary/aromatic N) is 3. The van der Waals surface area contributed by atoms with Crippen molar-refractivity contribution in [2.75, 3.05) is 7.11 Å². The van der Waals surface area contributed by atoms with Crippen LogP contribution < -0.4 is 4.74 Å². The van der Waals surface area contributed by atoms with E-state index in [1.54, 1.807) is 25.4 Å². The summed E-state index contributed by atoms with van der Waals surface area (Å²) in [4.78, 5) is 4.26. The van der Waals surface area contributed by atoms with Gasteiger partial charge in [-0.05, 0) is 43.3 Å². The van der Waals surface area contributed by atoms with Crippen LogP contribution in [0.5, 0.6) is 5.75 Å². The number of benzene rings is 1. The largest absolute Gasteiger partial charge is 0.497 e. The van der Waals surface area contributed by atoms with Gasteiger partial charge in [0.2, 0.25) is 11.8 Å². The van der Waals surface area contributed by atoms with Gasteiger partial charge in [0.05, 0.1) is 17.4 Å². The summed E-state index contributed by atoms with van der Waals surface area (Å²) in [6.45, 7) is 1.97. The Bertz CT molecular complexity index is 792. The molecule has 0 amide bonds. The SMILES string of the molecule is COc1ccc(-c2nnc(C(C)Sc3ncccc3Cl)o2)cc1. The fourth-order valence-electron chi connectivity index (χ4n) is 1.92. The minimum absolute atomic E-state index is 0.0538. The van der Waals surface area contributed by atoms with Crippen LogP contribution in [0.4, 0.5) is 0 Å². The zero-order chi connectivity index (χ0) is 16.2. The molecule has 5 nitrogen and oxygen atoms in total. The highest BCUT2D eigenvalue weighted by Gasteiger charge is 2.18. The number of halogens is 1. The first-order valence-electron chi connectivity index (χ1n) is 6.92. The predicted molar refractivity (Wildman–Crippen MR) is 89.8 cm³/mol. The average Bonchev–Trinajstić information content (AvgIpc) is 3.07. The molecule has 23 heavy (non-hydrogen) atoms. The van der Waals surface area contributed by atoms with Crippen LogP contribution in [0.3, 0.4) is 0 Å². The first kappa shape index (κ1) is 15.8. The number of thioether (sulfide) groups is 1. The number of hydrogen-bond donors (Lipinski definition) is 0. The molecule has 1 atom stereocenters. The number of methoxy groups -OCH3 is 1. The number of ether oxygens (including phenoxy) is 1. The Labute approximate surface area is 143 Å². The van der Waals surface area contributed by atoms with Gasteiger partial charge in [0, 0.05) is 11.8 Å². The highest BCUT2D eigenvalue weighted by molar-refractivity contribution is 7.99. The lowest BCUT2D eigenvalue weighted by Gasteiger charge is -2.06. The van der Waals surface area contributed by atoms with E-state index >= 15 is 0 Å². The van der Waals surface area contributed by atoms with E-state index in [-0.39, 0.29) is 5.25 Å². The fraction of sp³-hybridized carbons (Fsp3) is 0.188. The van der Waals surface area contributed by atoms with Crippen LogP contribution in [0.1, 0.15) is 18.1 Å². The Kier molecular flexibility index (Phi) is 4.83. The lowest BCUT2D eigenvalue weighted by atomic mass is 10.2. The normalized spacial score (nSPS) is 12.1. The second-order valence-electron chi connectivity index (χ2n) is 4.72. The Balaban J connectivity index is 1.76. The Morgan fingerprint density at radius 1 is 1.17 bits per heavy atom. The average molecular weight is 348 g/mol. The van der Waals surface area contributed by atoms with Crippen molar-refractivity contribution in [3.05, 3.63) is 53.5 Å². The van der Waals surface area contributed by atoms with Gasteiger partial charge in [-0.25, -0.2) is 4.98 Å². The van der Waals surface area contributed by atoms with E-state index in [1.165, 1.54) is 11.8 Å². The zero-order valence-corrected chi connectivity index (χ0v) is 14.1. The molecular weight excluding hydrogens is 334 g/mol. The molecule has 3 rings (SSSR count). The van der Waals surface area contributed by atoms with Crippen molar-refractivity contribution >= 4 is 23.4 Å². The summed E-state index contributed by atoms with van der Waals surface area (Å²) in [5.41, 5.74) is 0.845. The van der Waals surface area contributed by atoms with Crippen LogP contribution in [-0.2, 0) is 0 Å². The summed E-state index contributed by atoms with van der Waals surface area (Å²) in [6.07, 6.45) is 1.71. The molecule has 0 saturated carbocycles. The fourth-order valence-corrected chi connectivity index (χ4v) is 3.01. The van der Waals surface area contributed by atoms with Crippen LogP contribution in [0.25, 0.3) is 11.5 Å². The van der Waals surface area contributed by atoms with Gasteiger partial charge in [0.15, 0.2) is 0 Å². The second-order valence-corrected chi connectivity index (χ2v) is 6.46. The number of pyridine rings is 1. The highest BCUT2D eigenvalue weighted by atomic mass is 35.5. The van der Waals surface area contributed by atoms with Crippen molar-refractivity contribution in [2.24, 2.45) is 0 Å². The van der Waals surface area contributed by atoms with Gasteiger partial charge in [-0.1, -0.05) is 23.4 Å². The number of aromatic nitrogens is 3. The predicted octanol–water partition coefficient (Wildman–Crippen LogP) is 4.65. The van der Waals surface area contributed by atoms with E-state index < -0.39 is 0 Å². The van der Waals surface area contributed by atoms with Gasteiger partial charge >= 0.3 is 0 Å². The van der Waals surface area contributed by atoms with Crippen molar-refractivity contribution < 1.29 is 9.15 Å². The lowest BCUT2D eigenvalue weighted by Crippen LogP contribution is -1.90. The van der Waals surface area contributed by atoms with Crippen molar-refractivity contribution in [3.8, 4) is 17.2 Å². The standard InChI is InChI=1S/C16H14ClN3O2S/c1-10(23-16-13(17)4-3-9-18-16)14-19-20-15(22-14)11-5-7-12(21-2)8-6-11/h3-10H,1-2H3. The van der Waals surface area contributed by atoms with E-state index in [2.05, 4.69) is 15.2 Å². The van der Waals surface area contributed by atoms with Crippen LogP contribution in [0.15, 0.2) is 52.0 Å². The molecule has 1 unspecified atom stereocenters. The van der Waals surface area contributed by atoms with Gasteiger partial charge in [0.1, 0.15) is 10.8 Å². The van der Waals surface area contributed by atoms with Gasteiger partial charge < -0.3 is 9.15 Å². The van der Waals surface area contributed by atoms with Crippen molar-refractivity contribution in [1.82, 2.24) is 15.2 Å². The number of hydrogen-bond acceptors (Lipinski definition) is 6. The van der Waals surface area contributed by atoms with E-state index in [0.29, 0.717) is 16.8 Å². The van der Waals surface area contributed by atoms with Gasteiger partial charge in [-0.15, -0.1) is 10.2 Å². The molecule has 0 fully saturated rings. The van der Waals surface area contributed by atoms with Gasteiger partial charge in [-0.2, -0.15) is 0 Å². The maximum atomic E-state index is 6.12. The molecule has 3 aromatic rings. The van der Waals surface area contributed by atoms with Crippen molar-refractivity contribution in [1.29, 1.82) is 0 Å². The maximum Gasteiger partial charge on any atom is 0.247 e. The Morgan fingerprint density at radius 2 is 1.96 bits per heavy atom. The lowest BCUT2D eigenvalue weighted by molar-refractivity contribution is 0.415. The third kappa shape index (κ3) is 3.65. The molecule has 0 aliphatic rings. The van der Waals surface area contributed by atoms with Crippen LogP contribution in [0.2, 0.25) is 5.02 Å². The highest BCUT2D eigenvalue weighted by Crippen LogP contribution is 2.37.